The molecule has 194 valence electrons. The smallest absolute Gasteiger partial charge is 0.419 e. The number of rotatable bonds is 8. The zero-order valence-corrected chi connectivity index (χ0v) is 20.5. The van der Waals surface area contributed by atoms with Gasteiger partial charge in [0.2, 0.25) is 5.91 Å². The van der Waals surface area contributed by atoms with Crippen molar-refractivity contribution >= 4 is 17.3 Å². The van der Waals surface area contributed by atoms with Crippen LogP contribution < -0.4 is 15.8 Å². The minimum absolute atomic E-state index is 0.0371. The van der Waals surface area contributed by atoms with E-state index >= 15 is 0 Å². The number of nitrogen functional groups attached to an aromatic ring is 1. The van der Waals surface area contributed by atoms with Crippen LogP contribution in [0.15, 0.2) is 24.3 Å². The first-order valence-corrected chi connectivity index (χ1v) is 11.4. The maximum Gasteiger partial charge on any atom is 0.419 e. The number of anilines is 2. The quantitative estimate of drug-likeness (QED) is 0.563. The number of carbonyl (C=O) groups excluding carboxylic acids is 1. The minimum Gasteiger partial charge on any atom is -0.492 e. The fourth-order valence-electron chi connectivity index (χ4n) is 3.82. The molecule has 1 aromatic heterocycles. The Balaban J connectivity index is 1.68. The molecule has 2 heterocycles. The van der Waals surface area contributed by atoms with Gasteiger partial charge in [0.1, 0.15) is 18.4 Å². The summed E-state index contributed by atoms with van der Waals surface area (Å²) in [4.78, 5) is 21.7. The lowest BCUT2D eigenvalue weighted by atomic mass is 10.0. The van der Waals surface area contributed by atoms with Gasteiger partial charge in [-0.05, 0) is 24.3 Å². The highest BCUT2D eigenvalue weighted by molar-refractivity contribution is 5.78. The van der Waals surface area contributed by atoms with E-state index in [1.54, 1.807) is 26.0 Å². The van der Waals surface area contributed by atoms with Gasteiger partial charge in [-0.15, -0.1) is 0 Å². The maximum absolute atomic E-state index is 13.9. The fourth-order valence-corrected chi connectivity index (χ4v) is 3.82. The van der Waals surface area contributed by atoms with Crippen LogP contribution in [0, 0.1) is 11.3 Å². The average molecular weight is 506 g/mol. The largest absolute Gasteiger partial charge is 0.492 e. The number of ether oxygens (including phenoxy) is 1. The highest BCUT2D eigenvalue weighted by Crippen LogP contribution is 2.39. The summed E-state index contributed by atoms with van der Waals surface area (Å²) in [5, 5.41) is 12.1. The number of amides is 1. The van der Waals surface area contributed by atoms with Crippen LogP contribution in [0.1, 0.15) is 11.3 Å². The SMILES string of the molecule is CNc1cc(-c2ccc(OCCN3CCN(CC(=O)N(C)C)CC3)c(C(F)(F)F)c2)nc(C#N)c1N. The third kappa shape index (κ3) is 6.56. The molecule has 1 aliphatic heterocycles. The number of hydrogen-bond donors (Lipinski definition) is 2. The minimum atomic E-state index is -4.65. The van der Waals surface area contributed by atoms with Gasteiger partial charge in [-0.1, -0.05) is 0 Å². The summed E-state index contributed by atoms with van der Waals surface area (Å²) >= 11 is 0. The summed E-state index contributed by atoms with van der Waals surface area (Å²) in [5.41, 5.74) is 5.77. The Morgan fingerprint density at radius 3 is 2.47 bits per heavy atom. The van der Waals surface area contributed by atoms with Gasteiger partial charge in [0.25, 0.3) is 0 Å². The first-order chi connectivity index (χ1) is 17.0. The molecule has 3 rings (SSSR count). The lowest BCUT2D eigenvalue weighted by Crippen LogP contribution is -2.50. The molecule has 0 spiro atoms. The van der Waals surface area contributed by atoms with E-state index in [0.29, 0.717) is 45.0 Å². The molecule has 0 bridgehead atoms. The molecule has 0 unspecified atom stereocenters. The second kappa shape index (κ2) is 11.5. The van der Waals surface area contributed by atoms with Gasteiger partial charge in [-0.25, -0.2) is 4.98 Å². The number of nitrogens with one attached hydrogen (secondary N) is 1. The highest BCUT2D eigenvalue weighted by Gasteiger charge is 2.35. The Kier molecular flexibility index (Phi) is 8.60. The zero-order valence-electron chi connectivity index (χ0n) is 20.5. The summed E-state index contributed by atoms with van der Waals surface area (Å²) in [6, 6.07) is 7.07. The van der Waals surface area contributed by atoms with Gasteiger partial charge in [-0.3, -0.25) is 14.6 Å². The molecule has 1 aliphatic rings. The number of hydrogen-bond acceptors (Lipinski definition) is 8. The van der Waals surface area contributed by atoms with Crippen LogP contribution in [0.5, 0.6) is 5.75 Å². The fraction of sp³-hybridized carbons (Fsp3) is 0.458. The van der Waals surface area contributed by atoms with Crippen molar-refractivity contribution in [2.24, 2.45) is 0 Å². The number of nitrogens with two attached hydrogens (primary N) is 1. The van der Waals surface area contributed by atoms with Gasteiger partial charge in [-0.2, -0.15) is 18.4 Å². The van der Waals surface area contributed by atoms with Crippen molar-refractivity contribution in [1.82, 2.24) is 19.7 Å². The molecule has 2 aromatic rings. The number of pyridine rings is 1. The molecule has 1 amide bonds. The van der Waals surface area contributed by atoms with Crippen LogP contribution in [0.4, 0.5) is 24.5 Å². The molecule has 1 saturated heterocycles. The molecule has 12 heteroatoms. The third-order valence-electron chi connectivity index (χ3n) is 6.00. The van der Waals surface area contributed by atoms with E-state index in [0.717, 1.165) is 6.07 Å². The van der Waals surface area contributed by atoms with Crippen molar-refractivity contribution in [3.63, 3.8) is 0 Å². The van der Waals surface area contributed by atoms with E-state index in [4.69, 9.17) is 10.5 Å². The van der Waals surface area contributed by atoms with E-state index in [1.807, 2.05) is 6.07 Å². The van der Waals surface area contributed by atoms with Gasteiger partial charge in [0.15, 0.2) is 5.69 Å². The van der Waals surface area contributed by atoms with Crippen molar-refractivity contribution in [3.8, 4) is 23.1 Å². The summed E-state index contributed by atoms with van der Waals surface area (Å²) < 4.78 is 47.1. The van der Waals surface area contributed by atoms with Crippen LogP contribution in [-0.2, 0) is 11.0 Å². The summed E-state index contributed by atoms with van der Waals surface area (Å²) in [7, 11) is 5.03. The molecule has 0 atom stereocenters. The standard InChI is InChI=1S/C24H30F3N7O2/c1-30-19-13-18(31-20(14-28)23(19)29)16-4-5-21(17(12-16)24(25,26)27)36-11-10-33-6-8-34(9-7-33)15-22(35)32(2)3/h4-5,12-13H,6-11,15,29H2,1-3H3,(H,30,31). The predicted molar refractivity (Wildman–Crippen MR) is 130 cm³/mol. The number of benzene rings is 1. The summed E-state index contributed by atoms with van der Waals surface area (Å²) in [6.07, 6.45) is -4.65. The van der Waals surface area contributed by atoms with E-state index in [9.17, 15) is 23.2 Å². The summed E-state index contributed by atoms with van der Waals surface area (Å²) in [6.45, 7) is 3.71. The molecule has 36 heavy (non-hydrogen) atoms. The van der Waals surface area contributed by atoms with Crippen molar-refractivity contribution in [2.75, 3.05) is 78.1 Å². The maximum atomic E-state index is 13.9. The Morgan fingerprint density at radius 2 is 1.89 bits per heavy atom. The third-order valence-corrected chi connectivity index (χ3v) is 6.00. The number of carbonyl (C=O) groups is 1. The van der Waals surface area contributed by atoms with Gasteiger partial charge >= 0.3 is 6.18 Å². The number of likely N-dealkylation sites (N-methyl/N-ethyl adjacent to an activating group) is 1. The first kappa shape index (κ1) is 27.0. The van der Waals surface area contributed by atoms with Crippen LogP contribution in [-0.4, -0.2) is 92.6 Å². The number of aromatic nitrogens is 1. The van der Waals surface area contributed by atoms with Crippen molar-refractivity contribution in [3.05, 3.63) is 35.5 Å². The van der Waals surface area contributed by atoms with Crippen molar-refractivity contribution in [1.29, 1.82) is 5.26 Å². The lowest BCUT2D eigenvalue weighted by Gasteiger charge is -2.34. The van der Waals surface area contributed by atoms with E-state index in [2.05, 4.69) is 20.1 Å². The molecule has 1 fully saturated rings. The normalized spacial score (nSPS) is 14.8. The zero-order chi connectivity index (χ0) is 26.5. The van der Waals surface area contributed by atoms with Crippen molar-refractivity contribution in [2.45, 2.75) is 6.18 Å². The monoisotopic (exact) mass is 505 g/mol. The Bertz CT molecular complexity index is 1120. The Hall–Kier alpha value is -3.56. The second-order valence-electron chi connectivity index (χ2n) is 8.64. The van der Waals surface area contributed by atoms with Gasteiger partial charge < -0.3 is 20.7 Å². The lowest BCUT2D eigenvalue weighted by molar-refractivity contribution is -0.139. The van der Waals surface area contributed by atoms with E-state index in [-0.39, 0.29) is 40.9 Å². The van der Waals surface area contributed by atoms with Gasteiger partial charge in [0, 0.05) is 59.4 Å². The Labute approximate surface area is 208 Å². The predicted octanol–water partition coefficient (Wildman–Crippen LogP) is 2.35. The molecule has 0 aliphatic carbocycles. The van der Waals surface area contributed by atoms with E-state index < -0.39 is 11.7 Å². The molecular formula is C24H30F3N7O2. The topological polar surface area (TPSA) is 111 Å². The number of nitriles is 1. The average Bonchev–Trinajstić information content (AvgIpc) is 2.84. The van der Waals surface area contributed by atoms with Crippen molar-refractivity contribution < 1.29 is 22.7 Å². The van der Waals surface area contributed by atoms with Crippen LogP contribution >= 0.6 is 0 Å². The van der Waals surface area contributed by atoms with E-state index in [1.165, 1.54) is 18.2 Å². The van der Waals surface area contributed by atoms with Gasteiger partial charge in [0.05, 0.1) is 29.2 Å². The number of piperazine rings is 1. The number of alkyl halides is 3. The molecule has 0 saturated carbocycles. The molecular weight excluding hydrogens is 475 g/mol. The molecule has 1 aromatic carbocycles. The van der Waals surface area contributed by atoms with Crippen LogP contribution in [0.2, 0.25) is 0 Å². The summed E-state index contributed by atoms with van der Waals surface area (Å²) in [5.74, 6) is -0.235. The van der Waals surface area contributed by atoms with Crippen LogP contribution in [0.3, 0.4) is 0 Å². The second-order valence-corrected chi connectivity index (χ2v) is 8.64. The highest BCUT2D eigenvalue weighted by atomic mass is 19.4. The number of halogens is 3. The molecule has 3 N–H and O–H groups in total. The number of nitrogens with zero attached hydrogens (tertiary/aromatic N) is 5. The molecule has 0 radical (unpaired) electrons. The van der Waals surface area contributed by atoms with Crippen LogP contribution in [0.25, 0.3) is 11.3 Å². The first-order valence-electron chi connectivity index (χ1n) is 11.4. The Morgan fingerprint density at radius 1 is 1.22 bits per heavy atom. The molecule has 9 nitrogen and oxygen atoms in total.